The topological polar surface area (TPSA) is 41.6 Å². The van der Waals surface area contributed by atoms with Crippen molar-refractivity contribution in [1.82, 2.24) is 10.4 Å². The van der Waals surface area contributed by atoms with Crippen LogP contribution in [0.3, 0.4) is 0 Å². The van der Waals surface area contributed by atoms with Crippen molar-refractivity contribution < 1.29 is 22.7 Å². The second-order valence-electron chi connectivity index (χ2n) is 7.83. The van der Waals surface area contributed by atoms with E-state index in [-0.39, 0.29) is 18.2 Å². The first kappa shape index (κ1) is 19.5. The largest absolute Gasteiger partial charge is 0.491 e. The minimum absolute atomic E-state index is 0.0125. The van der Waals surface area contributed by atoms with Gasteiger partial charge in [0, 0.05) is 6.54 Å². The molecule has 1 fully saturated rings. The summed E-state index contributed by atoms with van der Waals surface area (Å²) in [4.78, 5) is 12.0. The van der Waals surface area contributed by atoms with Gasteiger partial charge in [-0.15, -0.1) is 0 Å². The zero-order chi connectivity index (χ0) is 20.0. The van der Waals surface area contributed by atoms with Gasteiger partial charge in [0.25, 0.3) is 0 Å². The summed E-state index contributed by atoms with van der Waals surface area (Å²) in [6, 6.07) is 8.02. The zero-order valence-corrected chi connectivity index (χ0v) is 15.7. The Morgan fingerprint density at radius 1 is 1.11 bits per heavy atom. The Kier molecular flexibility index (Phi) is 4.84. The highest BCUT2D eigenvalue weighted by Crippen LogP contribution is 2.41. The number of hydrogen-bond donors (Lipinski definition) is 1. The molecule has 4 nitrogen and oxygen atoms in total. The molecule has 0 radical (unpaired) electrons. The Hall–Kier alpha value is -2.28. The molecule has 3 rings (SSSR count). The van der Waals surface area contributed by atoms with Gasteiger partial charge < -0.3 is 4.74 Å². The molecule has 1 amide bonds. The van der Waals surface area contributed by atoms with Gasteiger partial charge in [0.2, 0.25) is 5.91 Å². The summed E-state index contributed by atoms with van der Waals surface area (Å²) in [5.74, 6) is 0.263. The monoisotopic (exact) mass is 380 g/mol. The van der Waals surface area contributed by atoms with E-state index in [9.17, 15) is 18.0 Å². The molecule has 0 unspecified atom stereocenters. The van der Waals surface area contributed by atoms with Crippen molar-refractivity contribution in [3.63, 3.8) is 0 Å². The molecule has 0 saturated carbocycles. The lowest BCUT2D eigenvalue weighted by molar-refractivity contribution is -0.191. The Morgan fingerprint density at radius 3 is 2.30 bits per heavy atom. The average Bonchev–Trinajstić information content (AvgIpc) is 2.78. The maximum atomic E-state index is 13.8. The van der Waals surface area contributed by atoms with Gasteiger partial charge in [-0.1, -0.05) is 18.2 Å². The highest BCUT2D eigenvalue weighted by Gasteiger charge is 2.51. The van der Waals surface area contributed by atoms with Crippen LogP contribution < -0.4 is 10.2 Å². The SMILES string of the molecule is CC(C)Oc1ccc2cc([C@H](N3CC(C)(C)C(=O)N3)C(F)(F)F)ccc2c1. The Bertz CT molecular complexity index is 862. The van der Waals surface area contributed by atoms with Crippen molar-refractivity contribution in [1.29, 1.82) is 0 Å². The minimum Gasteiger partial charge on any atom is -0.491 e. The molecule has 0 spiro atoms. The first-order valence-corrected chi connectivity index (χ1v) is 8.82. The molecule has 1 atom stereocenters. The molecule has 0 aliphatic carbocycles. The van der Waals surface area contributed by atoms with Gasteiger partial charge in [0.05, 0.1) is 11.5 Å². The predicted octanol–water partition coefficient (Wildman–Crippen LogP) is 4.60. The standard InChI is InChI=1S/C20H23F3N2O2/c1-12(2)27-16-8-7-13-9-15(6-5-14(13)10-16)17(20(21,22)23)25-11-19(3,4)18(26)24-25/h5-10,12,17H,11H2,1-4H3,(H,24,26)/t17-/m0/s1. The third-order valence-electron chi connectivity index (χ3n) is 4.57. The van der Waals surface area contributed by atoms with Crippen molar-refractivity contribution in [2.45, 2.75) is 46.0 Å². The molecule has 1 aliphatic heterocycles. The number of ether oxygens (including phenoxy) is 1. The maximum Gasteiger partial charge on any atom is 0.409 e. The molecule has 27 heavy (non-hydrogen) atoms. The fraction of sp³-hybridized carbons (Fsp3) is 0.450. The molecule has 7 heteroatoms. The van der Waals surface area contributed by atoms with Crippen LogP contribution in [0.4, 0.5) is 13.2 Å². The van der Waals surface area contributed by atoms with Gasteiger partial charge >= 0.3 is 6.18 Å². The number of rotatable bonds is 4. The third-order valence-corrected chi connectivity index (χ3v) is 4.57. The van der Waals surface area contributed by atoms with Crippen LogP contribution in [0.1, 0.15) is 39.3 Å². The fourth-order valence-electron chi connectivity index (χ4n) is 3.28. The molecular weight excluding hydrogens is 357 g/mol. The summed E-state index contributed by atoms with van der Waals surface area (Å²) in [5, 5.41) is 2.46. The van der Waals surface area contributed by atoms with E-state index >= 15 is 0 Å². The van der Waals surface area contributed by atoms with Crippen LogP contribution in [0.5, 0.6) is 5.75 Å². The first-order chi connectivity index (χ1) is 12.5. The second-order valence-corrected chi connectivity index (χ2v) is 7.83. The number of nitrogens with one attached hydrogen (secondary N) is 1. The minimum atomic E-state index is -4.53. The quantitative estimate of drug-likeness (QED) is 0.843. The highest BCUT2D eigenvalue weighted by molar-refractivity contribution is 5.85. The number of carbonyl (C=O) groups excluding carboxylic acids is 1. The van der Waals surface area contributed by atoms with Crippen LogP contribution in [0.15, 0.2) is 36.4 Å². The Labute approximate surface area is 156 Å². The number of carbonyl (C=O) groups is 1. The van der Waals surface area contributed by atoms with Crippen LogP contribution >= 0.6 is 0 Å². The third kappa shape index (κ3) is 4.03. The summed E-state index contributed by atoms with van der Waals surface area (Å²) in [6.45, 7) is 7.06. The second kappa shape index (κ2) is 6.71. The lowest BCUT2D eigenvalue weighted by atomic mass is 9.93. The number of benzene rings is 2. The Balaban J connectivity index is 1.98. The van der Waals surface area contributed by atoms with Crippen molar-refractivity contribution in [2.24, 2.45) is 5.41 Å². The average molecular weight is 380 g/mol. The molecule has 2 aromatic carbocycles. The van der Waals surface area contributed by atoms with Gasteiger partial charge in [0.15, 0.2) is 0 Å². The molecule has 0 aromatic heterocycles. The van der Waals surface area contributed by atoms with E-state index < -0.39 is 23.5 Å². The molecule has 2 aromatic rings. The lowest BCUT2D eigenvalue weighted by Crippen LogP contribution is -2.43. The van der Waals surface area contributed by atoms with Crippen molar-refractivity contribution in [3.05, 3.63) is 42.0 Å². The van der Waals surface area contributed by atoms with Crippen LogP contribution in [0, 0.1) is 5.41 Å². The van der Waals surface area contributed by atoms with Crippen LogP contribution in [-0.2, 0) is 4.79 Å². The van der Waals surface area contributed by atoms with Crippen molar-refractivity contribution in [3.8, 4) is 5.75 Å². The van der Waals surface area contributed by atoms with Gasteiger partial charge in [0.1, 0.15) is 11.8 Å². The lowest BCUT2D eigenvalue weighted by Gasteiger charge is -2.30. The van der Waals surface area contributed by atoms with E-state index in [2.05, 4.69) is 5.43 Å². The highest BCUT2D eigenvalue weighted by atomic mass is 19.4. The smallest absolute Gasteiger partial charge is 0.409 e. The number of alkyl halides is 3. The van der Waals surface area contributed by atoms with E-state index in [4.69, 9.17) is 4.74 Å². The van der Waals surface area contributed by atoms with Crippen LogP contribution in [0.25, 0.3) is 10.8 Å². The van der Waals surface area contributed by atoms with E-state index in [1.165, 1.54) is 12.1 Å². The summed E-state index contributed by atoms with van der Waals surface area (Å²) in [7, 11) is 0. The van der Waals surface area contributed by atoms with Gasteiger partial charge in [-0.25, -0.2) is 5.01 Å². The molecule has 146 valence electrons. The summed E-state index contributed by atoms with van der Waals surface area (Å²) < 4.78 is 47.1. The van der Waals surface area contributed by atoms with E-state index in [0.717, 1.165) is 10.4 Å². The fourth-order valence-corrected chi connectivity index (χ4v) is 3.28. The summed E-state index contributed by atoms with van der Waals surface area (Å²) in [6.07, 6.45) is -4.51. The number of hydrazine groups is 1. The number of nitrogens with zero attached hydrogens (tertiary/aromatic N) is 1. The van der Waals surface area contributed by atoms with Gasteiger partial charge in [-0.3, -0.25) is 10.2 Å². The number of hydrogen-bond acceptors (Lipinski definition) is 3. The first-order valence-electron chi connectivity index (χ1n) is 8.82. The maximum absolute atomic E-state index is 13.8. The van der Waals surface area contributed by atoms with Crippen molar-refractivity contribution >= 4 is 16.7 Å². The van der Waals surface area contributed by atoms with Crippen molar-refractivity contribution in [2.75, 3.05) is 6.54 Å². The number of amides is 1. The molecule has 1 aliphatic rings. The Morgan fingerprint density at radius 2 is 1.74 bits per heavy atom. The molecular formula is C20H23F3N2O2. The summed E-state index contributed by atoms with van der Waals surface area (Å²) >= 11 is 0. The van der Waals surface area contributed by atoms with E-state index in [1.54, 1.807) is 32.0 Å². The molecule has 1 saturated heterocycles. The van der Waals surface area contributed by atoms with Gasteiger partial charge in [-0.05, 0) is 62.2 Å². The summed E-state index contributed by atoms with van der Waals surface area (Å²) in [5.41, 5.74) is 1.60. The van der Waals surface area contributed by atoms with Crippen LogP contribution in [0.2, 0.25) is 0 Å². The van der Waals surface area contributed by atoms with Crippen LogP contribution in [-0.4, -0.2) is 29.7 Å². The normalized spacial score (nSPS) is 18.7. The molecule has 1 N–H and O–H groups in total. The van der Waals surface area contributed by atoms with E-state index in [1.807, 2.05) is 19.9 Å². The molecule has 0 bridgehead atoms. The number of halogens is 3. The van der Waals surface area contributed by atoms with E-state index in [0.29, 0.717) is 11.1 Å². The number of fused-ring (bicyclic) bond motifs is 1. The predicted molar refractivity (Wildman–Crippen MR) is 97.1 cm³/mol. The van der Waals surface area contributed by atoms with Gasteiger partial charge in [-0.2, -0.15) is 13.2 Å². The molecule has 1 heterocycles. The zero-order valence-electron chi connectivity index (χ0n) is 15.7.